The van der Waals surface area contributed by atoms with Crippen molar-refractivity contribution in [2.75, 3.05) is 39.4 Å². The average Bonchev–Trinajstić information content (AvgIpc) is 2.83. The van der Waals surface area contributed by atoms with E-state index in [2.05, 4.69) is 10.0 Å². The zero-order valence-corrected chi connectivity index (χ0v) is 11.5. The molecule has 0 aromatic heterocycles. The zero-order valence-electron chi connectivity index (χ0n) is 11.5. The fourth-order valence-corrected chi connectivity index (χ4v) is 2.06. The van der Waals surface area contributed by atoms with Crippen LogP contribution in [0.15, 0.2) is 17.3 Å². The van der Waals surface area contributed by atoms with Gasteiger partial charge in [0, 0.05) is 25.7 Å². The van der Waals surface area contributed by atoms with Crippen molar-refractivity contribution in [1.29, 1.82) is 5.26 Å². The summed E-state index contributed by atoms with van der Waals surface area (Å²) in [5.41, 5.74) is 0. The largest absolute Gasteiger partial charge is 0.441 e. The molecule has 2 rings (SSSR count). The molecular formula is C13H16N4O4. The Hall–Kier alpha value is -2.24. The van der Waals surface area contributed by atoms with Gasteiger partial charge < -0.3 is 9.47 Å². The van der Waals surface area contributed by atoms with Gasteiger partial charge >= 0.3 is 6.09 Å². The number of hydrogen-bond donors (Lipinski definition) is 0. The average molecular weight is 292 g/mol. The van der Waals surface area contributed by atoms with Crippen LogP contribution in [0.1, 0.15) is 0 Å². The third-order valence-corrected chi connectivity index (χ3v) is 3.07. The van der Waals surface area contributed by atoms with Crippen LogP contribution in [-0.2, 0) is 14.3 Å². The molecule has 2 fully saturated rings. The molecule has 21 heavy (non-hydrogen) atoms. The number of hydrazone groups is 1. The molecule has 0 aliphatic carbocycles. The summed E-state index contributed by atoms with van der Waals surface area (Å²) in [7, 11) is 0. The summed E-state index contributed by atoms with van der Waals surface area (Å²) in [6.45, 7) is 3.93. The first-order valence-corrected chi connectivity index (χ1v) is 6.61. The van der Waals surface area contributed by atoms with E-state index >= 15 is 0 Å². The number of nitriles is 1. The Kier molecular flexibility index (Phi) is 5.43. The summed E-state index contributed by atoms with van der Waals surface area (Å²) in [6.07, 6.45) is 2.29. The quantitative estimate of drug-likeness (QED) is 0.395. The van der Waals surface area contributed by atoms with Crippen LogP contribution < -0.4 is 0 Å². The molecule has 2 aliphatic rings. The van der Waals surface area contributed by atoms with E-state index in [1.54, 1.807) is 6.07 Å². The maximum absolute atomic E-state index is 11.6. The molecule has 1 atom stereocenters. The van der Waals surface area contributed by atoms with Crippen molar-refractivity contribution in [3.8, 4) is 6.07 Å². The van der Waals surface area contributed by atoms with Crippen molar-refractivity contribution in [3.63, 3.8) is 0 Å². The summed E-state index contributed by atoms with van der Waals surface area (Å²) in [6, 6.07) is 1.70. The van der Waals surface area contributed by atoms with Gasteiger partial charge in [0.15, 0.2) is 5.78 Å². The highest BCUT2D eigenvalue weighted by Gasteiger charge is 2.32. The monoisotopic (exact) mass is 292 g/mol. The number of amides is 1. The maximum Gasteiger partial charge on any atom is 0.430 e. The minimum absolute atomic E-state index is 0.266. The Morgan fingerprint density at radius 2 is 2.24 bits per heavy atom. The van der Waals surface area contributed by atoms with Gasteiger partial charge in [0.05, 0.1) is 32.0 Å². The molecule has 0 radical (unpaired) electrons. The Morgan fingerprint density at radius 3 is 2.95 bits per heavy atom. The van der Waals surface area contributed by atoms with Crippen molar-refractivity contribution >= 4 is 18.1 Å². The number of carbonyl (C=O) groups is 2. The van der Waals surface area contributed by atoms with E-state index in [0.29, 0.717) is 26.3 Å². The van der Waals surface area contributed by atoms with Crippen LogP contribution in [0, 0.1) is 11.3 Å². The molecule has 2 heterocycles. The van der Waals surface area contributed by atoms with Gasteiger partial charge in [0.2, 0.25) is 0 Å². The van der Waals surface area contributed by atoms with Gasteiger partial charge in [0.1, 0.15) is 6.10 Å². The summed E-state index contributed by atoms with van der Waals surface area (Å²) < 4.78 is 10.5. The normalized spacial score (nSPS) is 23.7. The summed E-state index contributed by atoms with van der Waals surface area (Å²) >= 11 is 0. The van der Waals surface area contributed by atoms with Gasteiger partial charge in [-0.1, -0.05) is 0 Å². The molecule has 0 aromatic rings. The number of hydrogen-bond acceptors (Lipinski definition) is 7. The molecule has 8 heteroatoms. The molecule has 1 unspecified atom stereocenters. The molecule has 0 N–H and O–H groups in total. The van der Waals surface area contributed by atoms with Crippen molar-refractivity contribution in [1.82, 2.24) is 9.91 Å². The molecule has 0 spiro atoms. The first-order chi connectivity index (χ1) is 10.2. The van der Waals surface area contributed by atoms with E-state index in [1.165, 1.54) is 0 Å². The maximum atomic E-state index is 11.6. The van der Waals surface area contributed by atoms with Gasteiger partial charge in [-0.25, -0.2) is 4.79 Å². The molecular weight excluding hydrogens is 276 g/mol. The fraction of sp³-hybridized carbons (Fsp3) is 0.538. The van der Waals surface area contributed by atoms with Crippen LogP contribution >= 0.6 is 0 Å². The molecule has 112 valence electrons. The Bertz CT molecular complexity index is 491. The van der Waals surface area contributed by atoms with Crippen LogP contribution in [0.5, 0.6) is 0 Å². The number of rotatable bonds is 5. The first kappa shape index (κ1) is 15.2. The minimum atomic E-state index is -0.568. The van der Waals surface area contributed by atoms with Crippen molar-refractivity contribution in [2.24, 2.45) is 5.10 Å². The minimum Gasteiger partial charge on any atom is -0.441 e. The third-order valence-electron chi connectivity index (χ3n) is 3.07. The SMILES string of the molecule is N#CC=CC(=O)/C=N/N1CC(CN2CCOCC2)OC1=O. The molecule has 0 aromatic carbocycles. The van der Waals surface area contributed by atoms with Gasteiger partial charge in [-0.2, -0.15) is 15.4 Å². The number of cyclic esters (lactones) is 1. The van der Waals surface area contributed by atoms with E-state index < -0.39 is 11.9 Å². The van der Waals surface area contributed by atoms with Gasteiger partial charge in [-0.3, -0.25) is 9.69 Å². The smallest absolute Gasteiger partial charge is 0.430 e. The van der Waals surface area contributed by atoms with Gasteiger partial charge in [0.25, 0.3) is 0 Å². The van der Waals surface area contributed by atoms with E-state index in [0.717, 1.165) is 36.5 Å². The lowest BCUT2D eigenvalue weighted by Gasteiger charge is -2.27. The Labute approximate surface area is 122 Å². The van der Waals surface area contributed by atoms with Gasteiger partial charge in [-0.15, -0.1) is 0 Å². The van der Waals surface area contributed by atoms with Crippen molar-refractivity contribution in [2.45, 2.75) is 6.10 Å². The van der Waals surface area contributed by atoms with Crippen LogP contribution in [0.2, 0.25) is 0 Å². The Morgan fingerprint density at radius 1 is 1.48 bits per heavy atom. The van der Waals surface area contributed by atoms with E-state index in [-0.39, 0.29) is 6.10 Å². The number of ether oxygens (including phenoxy) is 2. The fourth-order valence-electron chi connectivity index (χ4n) is 2.06. The highest BCUT2D eigenvalue weighted by Crippen LogP contribution is 2.13. The van der Waals surface area contributed by atoms with Crippen LogP contribution in [0.25, 0.3) is 0 Å². The second-order valence-corrected chi connectivity index (χ2v) is 4.61. The predicted molar refractivity (Wildman–Crippen MR) is 72.5 cm³/mol. The number of carbonyl (C=O) groups excluding carboxylic acids is 2. The predicted octanol–water partition coefficient (Wildman–Crippen LogP) is -0.226. The second-order valence-electron chi connectivity index (χ2n) is 4.61. The summed E-state index contributed by atoms with van der Waals surface area (Å²) in [5, 5.41) is 13.2. The van der Waals surface area contributed by atoms with E-state index in [4.69, 9.17) is 14.7 Å². The number of nitrogens with zero attached hydrogens (tertiary/aromatic N) is 4. The van der Waals surface area contributed by atoms with Crippen LogP contribution in [-0.4, -0.2) is 73.5 Å². The molecule has 1 amide bonds. The Balaban J connectivity index is 1.82. The summed E-state index contributed by atoms with van der Waals surface area (Å²) in [4.78, 5) is 25.1. The molecule has 0 saturated carbocycles. The number of morpholine rings is 1. The third kappa shape index (κ3) is 4.66. The highest BCUT2D eigenvalue weighted by molar-refractivity contribution is 6.32. The lowest BCUT2D eigenvalue weighted by molar-refractivity contribution is -0.108. The first-order valence-electron chi connectivity index (χ1n) is 6.61. The lowest BCUT2D eigenvalue weighted by Crippen LogP contribution is -2.41. The second kappa shape index (κ2) is 7.52. The van der Waals surface area contributed by atoms with Crippen molar-refractivity contribution < 1.29 is 19.1 Å². The van der Waals surface area contributed by atoms with E-state index in [9.17, 15) is 9.59 Å². The van der Waals surface area contributed by atoms with Crippen molar-refractivity contribution in [3.05, 3.63) is 12.2 Å². The zero-order chi connectivity index (χ0) is 15.1. The molecule has 2 saturated heterocycles. The topological polar surface area (TPSA) is 95.2 Å². The number of ketones is 1. The molecule has 0 bridgehead atoms. The molecule has 8 nitrogen and oxygen atoms in total. The van der Waals surface area contributed by atoms with Crippen LogP contribution in [0.4, 0.5) is 4.79 Å². The summed E-state index contributed by atoms with van der Waals surface area (Å²) in [5.74, 6) is -0.457. The van der Waals surface area contributed by atoms with Gasteiger partial charge in [-0.05, 0) is 6.08 Å². The number of allylic oxidation sites excluding steroid dienone is 2. The lowest BCUT2D eigenvalue weighted by atomic mass is 10.3. The molecule has 2 aliphatic heterocycles. The highest BCUT2D eigenvalue weighted by atomic mass is 16.6. The van der Waals surface area contributed by atoms with Crippen LogP contribution in [0.3, 0.4) is 0 Å². The van der Waals surface area contributed by atoms with E-state index in [1.807, 2.05) is 0 Å². The standard InChI is InChI=1S/C13H16N4O4/c14-3-1-2-11(18)8-15-17-10-12(21-13(17)19)9-16-4-6-20-7-5-16/h1-2,8,12H,4-7,9-10H2/b2-1?,15-8+.